The van der Waals surface area contributed by atoms with Crippen LogP contribution in [-0.2, 0) is 14.9 Å². The topological polar surface area (TPSA) is 26.3 Å². The molecule has 86 valence electrons. The highest BCUT2D eigenvalue weighted by atomic mass is 16.6. The Hall–Kier alpha value is -1.31. The van der Waals surface area contributed by atoms with Crippen molar-refractivity contribution in [3.8, 4) is 0 Å². The van der Waals surface area contributed by atoms with Gasteiger partial charge in [-0.25, -0.2) is 0 Å². The average Bonchev–Trinajstić information content (AvgIpc) is 2.56. The molecule has 2 heteroatoms. The van der Waals surface area contributed by atoms with Crippen LogP contribution in [0.25, 0.3) is 0 Å². The summed E-state index contributed by atoms with van der Waals surface area (Å²) in [6.07, 6.45) is 0.808. The van der Waals surface area contributed by atoms with Crippen LogP contribution in [0.5, 0.6) is 0 Å². The van der Waals surface area contributed by atoms with Gasteiger partial charge in [0.05, 0.1) is 5.41 Å². The SMILES string of the molecule is CC(C)[C@@]1(c2ccccc2)C[C@@H](C)OC1=O. The summed E-state index contributed by atoms with van der Waals surface area (Å²) < 4.78 is 5.35. The van der Waals surface area contributed by atoms with Crippen LogP contribution in [0.4, 0.5) is 0 Å². The van der Waals surface area contributed by atoms with Gasteiger partial charge in [-0.05, 0) is 18.4 Å². The molecule has 1 aromatic carbocycles. The van der Waals surface area contributed by atoms with E-state index in [0.29, 0.717) is 0 Å². The summed E-state index contributed by atoms with van der Waals surface area (Å²) in [7, 11) is 0. The van der Waals surface area contributed by atoms with Crippen LogP contribution in [0.1, 0.15) is 32.8 Å². The van der Waals surface area contributed by atoms with Gasteiger partial charge in [0.25, 0.3) is 0 Å². The maximum Gasteiger partial charge on any atom is 0.317 e. The lowest BCUT2D eigenvalue weighted by Gasteiger charge is -2.29. The molecule has 2 nitrogen and oxygen atoms in total. The number of esters is 1. The smallest absolute Gasteiger partial charge is 0.317 e. The number of rotatable bonds is 2. The zero-order valence-electron chi connectivity index (χ0n) is 10.1. The summed E-state index contributed by atoms with van der Waals surface area (Å²) in [5, 5.41) is 0. The molecule has 1 heterocycles. The lowest BCUT2D eigenvalue weighted by molar-refractivity contribution is -0.146. The van der Waals surface area contributed by atoms with E-state index >= 15 is 0 Å². The van der Waals surface area contributed by atoms with Gasteiger partial charge in [0.1, 0.15) is 6.10 Å². The molecule has 0 spiro atoms. The van der Waals surface area contributed by atoms with Gasteiger partial charge in [0.2, 0.25) is 0 Å². The number of benzene rings is 1. The Bertz CT molecular complexity index is 383. The Balaban J connectivity index is 2.49. The minimum absolute atomic E-state index is 0.0232. The van der Waals surface area contributed by atoms with Gasteiger partial charge < -0.3 is 4.74 Å². The number of carbonyl (C=O) groups is 1. The van der Waals surface area contributed by atoms with Crippen molar-refractivity contribution in [2.24, 2.45) is 5.92 Å². The van der Waals surface area contributed by atoms with Gasteiger partial charge in [-0.15, -0.1) is 0 Å². The van der Waals surface area contributed by atoms with E-state index in [0.717, 1.165) is 12.0 Å². The maximum atomic E-state index is 12.1. The molecule has 1 aliphatic heterocycles. The Morgan fingerprint density at radius 3 is 2.38 bits per heavy atom. The van der Waals surface area contributed by atoms with E-state index < -0.39 is 5.41 Å². The van der Waals surface area contributed by atoms with Gasteiger partial charge in [0, 0.05) is 6.42 Å². The molecule has 0 aromatic heterocycles. The van der Waals surface area contributed by atoms with Gasteiger partial charge in [-0.1, -0.05) is 44.2 Å². The van der Waals surface area contributed by atoms with Crippen molar-refractivity contribution in [2.75, 3.05) is 0 Å². The van der Waals surface area contributed by atoms with E-state index in [1.807, 2.05) is 37.3 Å². The fourth-order valence-electron chi connectivity index (χ4n) is 2.64. The Morgan fingerprint density at radius 2 is 1.94 bits per heavy atom. The van der Waals surface area contributed by atoms with Gasteiger partial charge in [-0.2, -0.15) is 0 Å². The minimum Gasteiger partial charge on any atom is -0.462 e. The second-order valence-electron chi connectivity index (χ2n) is 4.91. The monoisotopic (exact) mass is 218 g/mol. The number of ether oxygens (including phenoxy) is 1. The molecule has 1 aliphatic rings. The second kappa shape index (κ2) is 3.93. The quantitative estimate of drug-likeness (QED) is 0.713. The molecule has 0 amide bonds. The molecule has 0 radical (unpaired) electrons. The summed E-state index contributed by atoms with van der Waals surface area (Å²) in [5.41, 5.74) is 0.639. The first-order valence-electron chi connectivity index (χ1n) is 5.84. The van der Waals surface area contributed by atoms with Crippen molar-refractivity contribution in [2.45, 2.75) is 38.7 Å². The van der Waals surface area contributed by atoms with Crippen LogP contribution in [0.2, 0.25) is 0 Å². The third-order valence-corrected chi connectivity index (χ3v) is 3.56. The summed E-state index contributed by atoms with van der Waals surface area (Å²) >= 11 is 0. The number of carbonyl (C=O) groups excluding carboxylic acids is 1. The van der Waals surface area contributed by atoms with Gasteiger partial charge >= 0.3 is 5.97 Å². The van der Waals surface area contributed by atoms with Crippen molar-refractivity contribution in [1.82, 2.24) is 0 Å². The third-order valence-electron chi connectivity index (χ3n) is 3.56. The molecule has 2 atom stereocenters. The molecule has 16 heavy (non-hydrogen) atoms. The van der Waals surface area contributed by atoms with Crippen LogP contribution in [0.3, 0.4) is 0 Å². The van der Waals surface area contributed by atoms with Crippen LogP contribution in [0.15, 0.2) is 30.3 Å². The van der Waals surface area contributed by atoms with Crippen LogP contribution in [0, 0.1) is 5.92 Å². The van der Waals surface area contributed by atoms with E-state index in [9.17, 15) is 4.79 Å². The van der Waals surface area contributed by atoms with Gasteiger partial charge in [-0.3, -0.25) is 4.79 Å². The standard InChI is InChI=1S/C14H18O2/c1-10(2)14(9-11(3)16-13(14)15)12-7-5-4-6-8-12/h4-8,10-11H,9H2,1-3H3/t11-,14-/m1/s1. The highest BCUT2D eigenvalue weighted by molar-refractivity contribution is 5.85. The molecule has 0 bridgehead atoms. The first kappa shape index (κ1) is 11.2. The normalized spacial score (nSPS) is 29.5. The van der Waals surface area contributed by atoms with Crippen molar-refractivity contribution < 1.29 is 9.53 Å². The maximum absolute atomic E-state index is 12.1. The zero-order valence-corrected chi connectivity index (χ0v) is 10.1. The molecular formula is C14H18O2. The highest BCUT2D eigenvalue weighted by Crippen LogP contribution is 2.43. The zero-order chi connectivity index (χ0) is 11.8. The van der Waals surface area contributed by atoms with Crippen LogP contribution in [-0.4, -0.2) is 12.1 Å². The predicted molar refractivity (Wildman–Crippen MR) is 63.1 cm³/mol. The summed E-state index contributed by atoms with van der Waals surface area (Å²) in [6, 6.07) is 9.99. The Morgan fingerprint density at radius 1 is 1.31 bits per heavy atom. The van der Waals surface area contributed by atoms with E-state index in [1.54, 1.807) is 0 Å². The van der Waals surface area contributed by atoms with Gasteiger partial charge in [0.15, 0.2) is 0 Å². The van der Waals surface area contributed by atoms with E-state index in [2.05, 4.69) is 13.8 Å². The minimum atomic E-state index is -0.444. The third kappa shape index (κ3) is 1.53. The number of hydrogen-bond acceptors (Lipinski definition) is 2. The van der Waals surface area contributed by atoms with Crippen molar-refractivity contribution in [3.63, 3.8) is 0 Å². The molecule has 1 fully saturated rings. The molecule has 0 N–H and O–H groups in total. The Labute approximate surface area is 96.6 Å². The molecule has 0 unspecified atom stereocenters. The lowest BCUT2D eigenvalue weighted by Crippen LogP contribution is -2.37. The van der Waals surface area contributed by atoms with Crippen molar-refractivity contribution >= 4 is 5.97 Å². The molecular weight excluding hydrogens is 200 g/mol. The lowest BCUT2D eigenvalue weighted by atomic mass is 9.70. The van der Waals surface area contributed by atoms with E-state index in [4.69, 9.17) is 4.74 Å². The van der Waals surface area contributed by atoms with E-state index in [1.165, 1.54) is 0 Å². The molecule has 1 saturated heterocycles. The van der Waals surface area contributed by atoms with E-state index in [-0.39, 0.29) is 18.0 Å². The predicted octanol–water partition coefficient (Wildman–Crippen LogP) is 2.92. The van der Waals surface area contributed by atoms with Crippen LogP contribution < -0.4 is 0 Å². The molecule has 0 aliphatic carbocycles. The average molecular weight is 218 g/mol. The molecule has 2 rings (SSSR count). The fraction of sp³-hybridized carbons (Fsp3) is 0.500. The number of cyclic esters (lactones) is 1. The summed E-state index contributed by atoms with van der Waals surface area (Å²) in [4.78, 5) is 12.1. The highest BCUT2D eigenvalue weighted by Gasteiger charge is 2.51. The largest absolute Gasteiger partial charge is 0.462 e. The van der Waals surface area contributed by atoms with Crippen LogP contribution >= 0.6 is 0 Å². The second-order valence-corrected chi connectivity index (χ2v) is 4.91. The fourth-order valence-corrected chi connectivity index (χ4v) is 2.64. The molecule has 0 saturated carbocycles. The summed E-state index contributed by atoms with van der Waals surface area (Å²) in [6.45, 7) is 6.14. The first-order valence-corrected chi connectivity index (χ1v) is 5.84. The number of hydrogen-bond donors (Lipinski definition) is 0. The molecule has 1 aromatic rings. The first-order chi connectivity index (χ1) is 7.57. The van der Waals surface area contributed by atoms with Crippen molar-refractivity contribution in [1.29, 1.82) is 0 Å². The van der Waals surface area contributed by atoms with Crippen molar-refractivity contribution in [3.05, 3.63) is 35.9 Å². The Kier molecular flexibility index (Phi) is 2.75. The summed E-state index contributed by atoms with van der Waals surface area (Å²) in [5.74, 6) is 0.188.